The summed E-state index contributed by atoms with van der Waals surface area (Å²) in [6, 6.07) is 16.5. The maximum atomic E-state index is 4.35. The summed E-state index contributed by atoms with van der Waals surface area (Å²) in [7, 11) is 0. The van der Waals surface area contributed by atoms with Gasteiger partial charge in [-0.05, 0) is 0 Å². The summed E-state index contributed by atoms with van der Waals surface area (Å²) in [5, 5.41) is 16.9. The lowest BCUT2D eigenvalue weighted by molar-refractivity contribution is 0.812. The molecule has 5 aromatic rings. The number of rotatable bonds is 2. The lowest BCUT2D eigenvalue weighted by Crippen LogP contribution is -2.03. The van der Waals surface area contributed by atoms with Gasteiger partial charge in [-0.1, -0.05) is 53.7 Å². The third-order valence-corrected chi connectivity index (χ3v) is 4.17. The summed E-state index contributed by atoms with van der Waals surface area (Å²) < 4.78 is 3.63. The van der Waals surface area contributed by atoms with E-state index in [9.17, 15) is 0 Å². The number of hydrogen-bond donors (Lipinski definition) is 0. The van der Waals surface area contributed by atoms with Crippen LogP contribution >= 0.6 is 0 Å². The molecular weight excluding hydrogens is 300 g/mol. The van der Waals surface area contributed by atoms with Gasteiger partial charge in [0.05, 0.1) is 23.8 Å². The Morgan fingerprint density at radius 3 is 1.75 bits per heavy atom. The van der Waals surface area contributed by atoms with Gasteiger partial charge in [0.1, 0.15) is 12.7 Å². The van der Waals surface area contributed by atoms with E-state index < -0.39 is 0 Å². The second-order valence-electron chi connectivity index (χ2n) is 5.48. The smallest absolute Gasteiger partial charge is 0.138 e. The van der Waals surface area contributed by atoms with E-state index in [0.29, 0.717) is 0 Å². The van der Waals surface area contributed by atoms with Crippen molar-refractivity contribution in [3.63, 3.8) is 0 Å². The molecule has 5 rings (SSSR count). The van der Waals surface area contributed by atoms with Crippen LogP contribution < -0.4 is 0 Å². The van der Waals surface area contributed by atoms with Gasteiger partial charge in [0.15, 0.2) is 0 Å². The standard InChI is InChI=1S/C18H12N6/c1-3-7-15-13(5-1)17(23-10-9-20-22-23)14-6-2-4-8-16(14)18(15)24-12-19-11-21-24/h1-12H. The monoisotopic (exact) mass is 312 g/mol. The Balaban J connectivity index is 2.06. The summed E-state index contributed by atoms with van der Waals surface area (Å²) in [5.41, 5.74) is 2.03. The van der Waals surface area contributed by atoms with Gasteiger partial charge >= 0.3 is 0 Å². The third-order valence-electron chi connectivity index (χ3n) is 4.17. The van der Waals surface area contributed by atoms with Crippen molar-refractivity contribution in [1.82, 2.24) is 29.8 Å². The molecular formula is C18H12N6. The van der Waals surface area contributed by atoms with Crippen LogP contribution in [0.5, 0.6) is 0 Å². The Bertz CT molecular complexity index is 994. The van der Waals surface area contributed by atoms with Crippen LogP contribution in [0.2, 0.25) is 0 Å². The first-order valence-corrected chi connectivity index (χ1v) is 7.58. The average molecular weight is 312 g/mol. The van der Waals surface area contributed by atoms with Crippen LogP contribution in [-0.2, 0) is 0 Å². The van der Waals surface area contributed by atoms with Crippen molar-refractivity contribution in [2.45, 2.75) is 0 Å². The molecule has 0 aliphatic rings. The molecule has 0 amide bonds. The van der Waals surface area contributed by atoms with Crippen LogP contribution in [0.3, 0.4) is 0 Å². The lowest BCUT2D eigenvalue weighted by Gasteiger charge is -2.16. The van der Waals surface area contributed by atoms with Crippen LogP contribution in [0.15, 0.2) is 73.6 Å². The van der Waals surface area contributed by atoms with E-state index in [2.05, 4.69) is 44.7 Å². The molecule has 0 atom stereocenters. The Morgan fingerprint density at radius 2 is 1.29 bits per heavy atom. The largest absolute Gasteiger partial charge is 0.223 e. The number of fused-ring (bicyclic) bond motifs is 2. The number of nitrogens with zero attached hydrogens (tertiary/aromatic N) is 6. The fraction of sp³-hybridized carbons (Fsp3) is 0. The zero-order valence-corrected chi connectivity index (χ0v) is 12.6. The summed E-state index contributed by atoms with van der Waals surface area (Å²) in [5.74, 6) is 0. The summed E-state index contributed by atoms with van der Waals surface area (Å²) in [6.07, 6.45) is 6.83. The van der Waals surface area contributed by atoms with Crippen molar-refractivity contribution >= 4 is 21.5 Å². The van der Waals surface area contributed by atoms with Crippen LogP contribution in [0.1, 0.15) is 0 Å². The minimum absolute atomic E-state index is 1.02. The van der Waals surface area contributed by atoms with Gasteiger partial charge in [-0.25, -0.2) is 14.3 Å². The highest BCUT2D eigenvalue weighted by Gasteiger charge is 2.16. The maximum absolute atomic E-state index is 4.35. The highest BCUT2D eigenvalue weighted by atomic mass is 15.4. The molecule has 0 N–H and O–H groups in total. The van der Waals surface area contributed by atoms with E-state index in [1.54, 1.807) is 18.9 Å². The Labute approximate surface area is 137 Å². The molecule has 3 aromatic carbocycles. The molecule has 0 saturated heterocycles. The number of benzene rings is 3. The molecule has 0 bridgehead atoms. The topological polar surface area (TPSA) is 61.4 Å². The van der Waals surface area contributed by atoms with Crippen molar-refractivity contribution in [1.29, 1.82) is 0 Å². The Kier molecular flexibility index (Phi) is 2.69. The van der Waals surface area contributed by atoms with Gasteiger partial charge in [-0.2, -0.15) is 5.10 Å². The second-order valence-corrected chi connectivity index (χ2v) is 5.48. The zero-order valence-electron chi connectivity index (χ0n) is 12.6. The van der Waals surface area contributed by atoms with E-state index in [1.165, 1.54) is 0 Å². The molecule has 6 nitrogen and oxygen atoms in total. The molecule has 2 aromatic heterocycles. The molecule has 0 radical (unpaired) electrons. The van der Waals surface area contributed by atoms with Gasteiger partial charge in [-0.15, -0.1) is 5.10 Å². The van der Waals surface area contributed by atoms with E-state index in [-0.39, 0.29) is 0 Å². The molecule has 0 spiro atoms. The SMILES string of the molecule is c1ccc2c(-n3ccnn3)c3ccccc3c(-n3cncn3)c2c1. The fourth-order valence-electron chi connectivity index (χ4n) is 3.23. The minimum atomic E-state index is 1.02. The zero-order chi connectivity index (χ0) is 15.9. The normalized spacial score (nSPS) is 11.3. The van der Waals surface area contributed by atoms with Gasteiger partial charge in [0.2, 0.25) is 0 Å². The highest BCUT2D eigenvalue weighted by molar-refractivity contribution is 6.13. The summed E-state index contributed by atoms with van der Waals surface area (Å²) >= 11 is 0. The predicted octanol–water partition coefficient (Wildman–Crippen LogP) is 3.15. The molecule has 2 heterocycles. The summed E-state index contributed by atoms with van der Waals surface area (Å²) in [4.78, 5) is 4.11. The van der Waals surface area contributed by atoms with Crippen molar-refractivity contribution < 1.29 is 0 Å². The minimum Gasteiger partial charge on any atom is -0.223 e. The van der Waals surface area contributed by atoms with E-state index >= 15 is 0 Å². The molecule has 0 aliphatic heterocycles. The van der Waals surface area contributed by atoms with E-state index in [0.717, 1.165) is 32.9 Å². The van der Waals surface area contributed by atoms with E-state index in [1.807, 2.05) is 39.8 Å². The predicted molar refractivity (Wildman–Crippen MR) is 91.3 cm³/mol. The molecule has 0 aliphatic carbocycles. The Morgan fingerprint density at radius 1 is 0.708 bits per heavy atom. The molecule has 114 valence electrons. The molecule has 24 heavy (non-hydrogen) atoms. The first-order chi connectivity index (χ1) is 11.9. The van der Waals surface area contributed by atoms with Crippen molar-refractivity contribution in [2.24, 2.45) is 0 Å². The number of aromatic nitrogens is 6. The quantitative estimate of drug-likeness (QED) is 0.470. The first-order valence-electron chi connectivity index (χ1n) is 7.58. The number of hydrogen-bond acceptors (Lipinski definition) is 4. The van der Waals surface area contributed by atoms with Crippen LogP contribution in [-0.4, -0.2) is 29.8 Å². The molecule has 0 fully saturated rings. The van der Waals surface area contributed by atoms with Crippen LogP contribution in [0.25, 0.3) is 32.9 Å². The third kappa shape index (κ3) is 1.77. The highest BCUT2D eigenvalue weighted by Crippen LogP contribution is 2.36. The van der Waals surface area contributed by atoms with Crippen molar-refractivity contribution in [3.8, 4) is 11.4 Å². The molecule has 6 heteroatoms. The average Bonchev–Trinajstić information content (AvgIpc) is 3.33. The summed E-state index contributed by atoms with van der Waals surface area (Å²) in [6.45, 7) is 0. The van der Waals surface area contributed by atoms with E-state index in [4.69, 9.17) is 0 Å². The van der Waals surface area contributed by atoms with Crippen LogP contribution in [0.4, 0.5) is 0 Å². The first kappa shape index (κ1) is 13.0. The van der Waals surface area contributed by atoms with Gasteiger partial charge < -0.3 is 0 Å². The van der Waals surface area contributed by atoms with Crippen LogP contribution in [0, 0.1) is 0 Å². The lowest BCUT2D eigenvalue weighted by atomic mass is 9.98. The maximum Gasteiger partial charge on any atom is 0.138 e. The molecule has 0 saturated carbocycles. The van der Waals surface area contributed by atoms with Gasteiger partial charge in [0.25, 0.3) is 0 Å². The second kappa shape index (κ2) is 4.99. The molecule has 0 unspecified atom stereocenters. The van der Waals surface area contributed by atoms with Gasteiger partial charge in [0, 0.05) is 21.5 Å². The van der Waals surface area contributed by atoms with Crippen molar-refractivity contribution in [3.05, 3.63) is 73.6 Å². The Hall–Kier alpha value is -3.54. The fourth-order valence-corrected chi connectivity index (χ4v) is 3.23. The van der Waals surface area contributed by atoms with Gasteiger partial charge in [-0.3, -0.25) is 0 Å². The van der Waals surface area contributed by atoms with Crippen molar-refractivity contribution in [2.75, 3.05) is 0 Å².